The summed E-state index contributed by atoms with van der Waals surface area (Å²) < 4.78 is 0. The minimum Gasteiger partial charge on any atom is -0.355 e. The highest BCUT2D eigenvalue weighted by Gasteiger charge is 2.38. The maximum Gasteiger partial charge on any atom is 0.239 e. The molecule has 4 nitrogen and oxygen atoms in total. The Morgan fingerprint density at radius 2 is 2.20 bits per heavy atom. The molecule has 0 spiro atoms. The Hall–Kier alpha value is -1.06. The molecule has 15 heavy (non-hydrogen) atoms. The molecule has 0 radical (unpaired) electrons. The van der Waals surface area contributed by atoms with Crippen LogP contribution in [0.25, 0.3) is 0 Å². The van der Waals surface area contributed by atoms with E-state index in [1.54, 1.807) is 4.90 Å². The van der Waals surface area contributed by atoms with Gasteiger partial charge in [0, 0.05) is 18.5 Å². The fraction of sp³-hybridized carbons (Fsp3) is 0.818. The van der Waals surface area contributed by atoms with Gasteiger partial charge < -0.3 is 10.2 Å². The summed E-state index contributed by atoms with van der Waals surface area (Å²) in [7, 11) is 0. The van der Waals surface area contributed by atoms with E-state index >= 15 is 0 Å². The van der Waals surface area contributed by atoms with Crippen molar-refractivity contribution < 1.29 is 9.59 Å². The second-order valence-electron chi connectivity index (χ2n) is 4.64. The number of rotatable bonds is 4. The van der Waals surface area contributed by atoms with Crippen LogP contribution in [0.4, 0.5) is 0 Å². The van der Waals surface area contributed by atoms with E-state index in [1.165, 1.54) is 0 Å². The lowest BCUT2D eigenvalue weighted by Gasteiger charge is -2.31. The summed E-state index contributed by atoms with van der Waals surface area (Å²) in [6, 6.07) is 0. The summed E-state index contributed by atoms with van der Waals surface area (Å²) in [4.78, 5) is 24.7. The number of likely N-dealkylation sites (tertiary alicyclic amines) is 1. The van der Waals surface area contributed by atoms with Crippen LogP contribution in [0.2, 0.25) is 0 Å². The second kappa shape index (κ2) is 4.64. The average Bonchev–Trinajstić information content (AvgIpc) is 2.42. The van der Waals surface area contributed by atoms with Crippen LogP contribution in [-0.4, -0.2) is 35.3 Å². The van der Waals surface area contributed by atoms with E-state index in [9.17, 15) is 9.59 Å². The zero-order chi connectivity index (χ0) is 11.5. The molecular formula is C11H20N2O2. The Labute approximate surface area is 91.0 Å². The van der Waals surface area contributed by atoms with Crippen LogP contribution < -0.4 is 5.32 Å². The van der Waals surface area contributed by atoms with Crippen molar-refractivity contribution in [2.75, 3.05) is 13.1 Å². The number of carbonyl (C=O) groups excluding carboxylic acids is 2. The van der Waals surface area contributed by atoms with Crippen LogP contribution in [0.1, 0.15) is 40.0 Å². The van der Waals surface area contributed by atoms with Gasteiger partial charge in [-0.05, 0) is 26.7 Å². The van der Waals surface area contributed by atoms with E-state index < -0.39 is 0 Å². The highest BCUT2D eigenvalue weighted by molar-refractivity contribution is 5.86. The zero-order valence-corrected chi connectivity index (χ0v) is 9.80. The van der Waals surface area contributed by atoms with E-state index in [-0.39, 0.29) is 23.9 Å². The number of hydrogen-bond donors (Lipinski definition) is 1. The van der Waals surface area contributed by atoms with Crippen molar-refractivity contribution in [3.63, 3.8) is 0 Å². The molecular weight excluding hydrogens is 192 g/mol. The molecule has 1 rings (SSSR count). The smallest absolute Gasteiger partial charge is 0.239 e. The lowest BCUT2D eigenvalue weighted by molar-refractivity contribution is -0.136. The third kappa shape index (κ3) is 2.94. The lowest BCUT2D eigenvalue weighted by atomic mass is 10.0. The fourth-order valence-corrected chi connectivity index (χ4v) is 1.79. The SMILES string of the molecule is CCCNC(=O)CN1C(=O)CCC1(C)C. The molecule has 0 saturated carbocycles. The van der Waals surface area contributed by atoms with Crippen LogP contribution in [-0.2, 0) is 9.59 Å². The molecule has 86 valence electrons. The van der Waals surface area contributed by atoms with Crippen LogP contribution in [0.5, 0.6) is 0 Å². The van der Waals surface area contributed by atoms with Gasteiger partial charge in [-0.3, -0.25) is 9.59 Å². The van der Waals surface area contributed by atoms with Gasteiger partial charge in [-0.25, -0.2) is 0 Å². The summed E-state index contributed by atoms with van der Waals surface area (Å²) in [6.07, 6.45) is 2.32. The highest BCUT2D eigenvalue weighted by atomic mass is 16.2. The summed E-state index contributed by atoms with van der Waals surface area (Å²) >= 11 is 0. The van der Waals surface area contributed by atoms with Crippen molar-refractivity contribution in [2.45, 2.75) is 45.6 Å². The van der Waals surface area contributed by atoms with Gasteiger partial charge in [0.1, 0.15) is 6.54 Å². The molecule has 0 unspecified atom stereocenters. The Balaban J connectivity index is 2.49. The first-order valence-electron chi connectivity index (χ1n) is 5.54. The monoisotopic (exact) mass is 212 g/mol. The molecule has 2 amide bonds. The molecule has 0 aromatic rings. The standard InChI is InChI=1S/C11H20N2O2/c1-4-7-12-9(14)8-13-10(15)5-6-11(13,2)3/h4-8H2,1-3H3,(H,12,14). The van der Waals surface area contributed by atoms with Gasteiger partial charge in [0.05, 0.1) is 0 Å². The van der Waals surface area contributed by atoms with Crippen molar-refractivity contribution in [3.05, 3.63) is 0 Å². The van der Waals surface area contributed by atoms with Gasteiger partial charge >= 0.3 is 0 Å². The Morgan fingerprint density at radius 1 is 1.53 bits per heavy atom. The predicted octanol–water partition coefficient (Wildman–Crippen LogP) is 0.914. The minimum absolute atomic E-state index is 0.0554. The predicted molar refractivity (Wildman–Crippen MR) is 58.3 cm³/mol. The number of nitrogens with one attached hydrogen (secondary N) is 1. The number of carbonyl (C=O) groups is 2. The van der Waals surface area contributed by atoms with Crippen molar-refractivity contribution in [1.82, 2.24) is 10.2 Å². The van der Waals surface area contributed by atoms with E-state index in [0.29, 0.717) is 13.0 Å². The minimum atomic E-state index is -0.166. The molecule has 1 aliphatic heterocycles. The molecule has 1 aliphatic rings. The first-order valence-corrected chi connectivity index (χ1v) is 5.54. The van der Waals surface area contributed by atoms with Crippen molar-refractivity contribution in [2.24, 2.45) is 0 Å². The van der Waals surface area contributed by atoms with Gasteiger partial charge in [0.25, 0.3) is 0 Å². The van der Waals surface area contributed by atoms with Crippen LogP contribution in [0.15, 0.2) is 0 Å². The van der Waals surface area contributed by atoms with Gasteiger partial charge in [-0.15, -0.1) is 0 Å². The molecule has 0 aromatic carbocycles. The van der Waals surface area contributed by atoms with Crippen LogP contribution in [0.3, 0.4) is 0 Å². The van der Waals surface area contributed by atoms with Gasteiger partial charge in [-0.2, -0.15) is 0 Å². The summed E-state index contributed by atoms with van der Waals surface area (Å²) in [5, 5.41) is 2.78. The Bertz CT molecular complexity index is 261. The average molecular weight is 212 g/mol. The van der Waals surface area contributed by atoms with Crippen molar-refractivity contribution >= 4 is 11.8 Å². The second-order valence-corrected chi connectivity index (χ2v) is 4.64. The molecule has 0 aliphatic carbocycles. The van der Waals surface area contributed by atoms with E-state index in [4.69, 9.17) is 0 Å². The van der Waals surface area contributed by atoms with E-state index in [1.807, 2.05) is 20.8 Å². The fourth-order valence-electron chi connectivity index (χ4n) is 1.79. The third-order valence-corrected chi connectivity index (χ3v) is 2.86. The van der Waals surface area contributed by atoms with Gasteiger partial charge in [0.15, 0.2) is 0 Å². The highest BCUT2D eigenvalue weighted by Crippen LogP contribution is 2.28. The van der Waals surface area contributed by atoms with Gasteiger partial charge in [0.2, 0.25) is 11.8 Å². The maximum absolute atomic E-state index is 11.5. The summed E-state index contributed by atoms with van der Waals surface area (Å²) in [6.45, 7) is 6.90. The quantitative estimate of drug-likeness (QED) is 0.753. The van der Waals surface area contributed by atoms with Crippen molar-refractivity contribution in [1.29, 1.82) is 0 Å². The van der Waals surface area contributed by atoms with Gasteiger partial charge in [-0.1, -0.05) is 6.92 Å². The largest absolute Gasteiger partial charge is 0.355 e. The normalized spacial score (nSPS) is 19.4. The molecule has 1 heterocycles. The summed E-state index contributed by atoms with van der Waals surface area (Å²) in [5.74, 6) is 0.0341. The van der Waals surface area contributed by atoms with E-state index in [2.05, 4.69) is 5.32 Å². The van der Waals surface area contributed by atoms with E-state index in [0.717, 1.165) is 12.8 Å². The Morgan fingerprint density at radius 3 is 2.67 bits per heavy atom. The number of nitrogens with zero attached hydrogens (tertiary/aromatic N) is 1. The zero-order valence-electron chi connectivity index (χ0n) is 9.80. The van der Waals surface area contributed by atoms with Crippen molar-refractivity contribution in [3.8, 4) is 0 Å². The molecule has 0 atom stereocenters. The van der Waals surface area contributed by atoms with Crippen LogP contribution >= 0.6 is 0 Å². The molecule has 1 N–H and O–H groups in total. The first kappa shape index (κ1) is 12.0. The molecule has 0 aromatic heterocycles. The topological polar surface area (TPSA) is 49.4 Å². The maximum atomic E-state index is 11.5. The summed E-state index contributed by atoms with van der Waals surface area (Å²) in [5.41, 5.74) is -0.166. The molecule has 0 bridgehead atoms. The molecule has 1 fully saturated rings. The van der Waals surface area contributed by atoms with Crippen LogP contribution in [0, 0.1) is 0 Å². The Kier molecular flexibility index (Phi) is 3.72. The first-order chi connectivity index (χ1) is 6.97. The number of hydrogen-bond acceptors (Lipinski definition) is 2. The third-order valence-electron chi connectivity index (χ3n) is 2.86. The molecule has 4 heteroatoms. The lowest BCUT2D eigenvalue weighted by Crippen LogP contribution is -2.46. The molecule has 1 saturated heterocycles. The number of amides is 2.